The molecule has 3 atom stereocenters. The van der Waals surface area contributed by atoms with Gasteiger partial charge in [-0.1, -0.05) is 24.3 Å². The summed E-state index contributed by atoms with van der Waals surface area (Å²) in [6, 6.07) is 14.8. The van der Waals surface area contributed by atoms with Gasteiger partial charge in [-0.05, 0) is 49.7 Å². The lowest BCUT2D eigenvalue weighted by molar-refractivity contribution is 0.0647. The van der Waals surface area contributed by atoms with Crippen molar-refractivity contribution in [2.75, 3.05) is 34.4 Å². The average Bonchev–Trinajstić information content (AvgIpc) is 3.12. The van der Waals surface area contributed by atoms with Crippen molar-refractivity contribution in [2.24, 2.45) is 0 Å². The number of nitrogens with zero attached hydrogens (tertiary/aromatic N) is 1. The maximum Gasteiger partial charge on any atom is 0.161 e. The second-order valence-corrected chi connectivity index (χ2v) is 8.04. The molecule has 6 heteroatoms. The molecule has 3 N–H and O–H groups in total. The monoisotopic (exact) mass is 409 g/mol. The fourth-order valence-corrected chi connectivity index (χ4v) is 4.72. The standard InChI is InChI=1S/C24H31N3O3/c1-15-11-19-18-7-5-6-8-20(18)26-23(19)24(27(15)14-17(28)13-25-2)16-9-10-21(29-3)22(12-16)30-4/h5-10,12,15,17,24-26,28H,11,13-14H2,1-4H3. The van der Waals surface area contributed by atoms with E-state index >= 15 is 0 Å². The molecule has 2 heterocycles. The second-order valence-electron chi connectivity index (χ2n) is 8.04. The lowest BCUT2D eigenvalue weighted by atomic mass is 9.88. The molecule has 0 amide bonds. The van der Waals surface area contributed by atoms with Gasteiger partial charge in [0, 0.05) is 35.7 Å². The third-order valence-electron chi connectivity index (χ3n) is 6.10. The molecule has 0 saturated heterocycles. The summed E-state index contributed by atoms with van der Waals surface area (Å²) in [5.74, 6) is 1.42. The smallest absolute Gasteiger partial charge is 0.161 e. The van der Waals surface area contributed by atoms with Gasteiger partial charge in [-0.15, -0.1) is 0 Å². The number of rotatable bonds is 7. The largest absolute Gasteiger partial charge is 0.493 e. The molecule has 2 aromatic carbocycles. The van der Waals surface area contributed by atoms with E-state index in [1.807, 2.05) is 19.2 Å². The molecule has 0 bridgehead atoms. The molecule has 0 spiro atoms. The topological polar surface area (TPSA) is 69.8 Å². The number of H-pyrrole nitrogens is 1. The molecule has 1 aliphatic heterocycles. The van der Waals surface area contributed by atoms with Gasteiger partial charge in [-0.2, -0.15) is 0 Å². The second kappa shape index (κ2) is 8.68. The number of benzene rings is 2. The molecule has 0 saturated carbocycles. The van der Waals surface area contributed by atoms with Crippen LogP contribution in [0.15, 0.2) is 42.5 Å². The van der Waals surface area contributed by atoms with Crippen molar-refractivity contribution < 1.29 is 14.6 Å². The zero-order valence-corrected chi connectivity index (χ0v) is 18.1. The van der Waals surface area contributed by atoms with Crippen LogP contribution in [0.25, 0.3) is 10.9 Å². The van der Waals surface area contributed by atoms with Gasteiger partial charge < -0.3 is 24.9 Å². The molecule has 0 radical (unpaired) electrons. The number of aliphatic hydroxyl groups excluding tert-OH is 1. The summed E-state index contributed by atoms with van der Waals surface area (Å²) in [4.78, 5) is 6.07. The number of para-hydroxylation sites is 1. The Morgan fingerprint density at radius 3 is 2.67 bits per heavy atom. The number of β-amino-alcohol motifs (C(OH)–C–C–N with tert-alkyl or cyclic N) is 1. The van der Waals surface area contributed by atoms with Crippen LogP contribution in [-0.4, -0.2) is 61.5 Å². The highest BCUT2D eigenvalue weighted by atomic mass is 16.5. The van der Waals surface area contributed by atoms with Crippen LogP contribution in [0.4, 0.5) is 0 Å². The van der Waals surface area contributed by atoms with Crippen LogP contribution in [0.1, 0.15) is 29.8 Å². The fraction of sp³-hybridized carbons (Fsp3) is 0.417. The number of likely N-dealkylation sites (N-methyl/N-ethyl adjacent to an activating group) is 1. The predicted molar refractivity (Wildman–Crippen MR) is 119 cm³/mol. The Balaban J connectivity index is 1.85. The Kier molecular flexibility index (Phi) is 5.99. The number of fused-ring (bicyclic) bond motifs is 3. The van der Waals surface area contributed by atoms with Crippen LogP contribution in [-0.2, 0) is 6.42 Å². The minimum absolute atomic E-state index is 0.0116. The van der Waals surface area contributed by atoms with Crippen LogP contribution < -0.4 is 14.8 Å². The van der Waals surface area contributed by atoms with E-state index in [0.29, 0.717) is 24.6 Å². The van der Waals surface area contributed by atoms with Crippen LogP contribution in [0.2, 0.25) is 0 Å². The molecule has 0 fully saturated rings. The molecule has 160 valence electrons. The zero-order chi connectivity index (χ0) is 21.3. The first-order valence-corrected chi connectivity index (χ1v) is 10.5. The van der Waals surface area contributed by atoms with E-state index in [-0.39, 0.29) is 12.1 Å². The van der Waals surface area contributed by atoms with Gasteiger partial charge in [0.1, 0.15) is 0 Å². The van der Waals surface area contributed by atoms with Crippen molar-refractivity contribution in [3.05, 3.63) is 59.3 Å². The molecular formula is C24H31N3O3. The molecule has 0 aliphatic carbocycles. The van der Waals surface area contributed by atoms with Gasteiger partial charge in [-0.25, -0.2) is 0 Å². The molecule has 4 rings (SSSR count). The summed E-state index contributed by atoms with van der Waals surface area (Å²) in [5, 5.41) is 15.0. The summed E-state index contributed by atoms with van der Waals surface area (Å²) in [7, 11) is 5.18. The Labute approximate surface area is 177 Å². The van der Waals surface area contributed by atoms with E-state index in [2.05, 4.69) is 52.5 Å². The number of aromatic nitrogens is 1. The number of hydrogen-bond acceptors (Lipinski definition) is 5. The number of hydrogen-bond donors (Lipinski definition) is 3. The Hall–Kier alpha value is -2.54. The van der Waals surface area contributed by atoms with Gasteiger partial charge in [0.2, 0.25) is 0 Å². The van der Waals surface area contributed by atoms with Crippen molar-refractivity contribution in [1.29, 1.82) is 0 Å². The van der Waals surface area contributed by atoms with E-state index in [4.69, 9.17) is 9.47 Å². The van der Waals surface area contributed by atoms with Gasteiger partial charge in [0.05, 0.1) is 26.4 Å². The number of aromatic amines is 1. The summed E-state index contributed by atoms with van der Waals surface area (Å²) in [6.45, 7) is 3.38. The predicted octanol–water partition coefficient (Wildman–Crippen LogP) is 3.10. The molecule has 6 nitrogen and oxygen atoms in total. The van der Waals surface area contributed by atoms with Crippen molar-refractivity contribution in [3.8, 4) is 11.5 Å². The van der Waals surface area contributed by atoms with E-state index in [1.54, 1.807) is 14.2 Å². The van der Waals surface area contributed by atoms with Crippen LogP contribution in [0.5, 0.6) is 11.5 Å². The minimum Gasteiger partial charge on any atom is -0.493 e. The SMILES string of the molecule is CNCC(O)CN1C(C)Cc2c([nH]c3ccccc23)C1c1ccc(OC)c(OC)c1. The molecule has 3 unspecified atom stereocenters. The van der Waals surface area contributed by atoms with Gasteiger partial charge >= 0.3 is 0 Å². The first kappa shape index (κ1) is 20.7. The lowest BCUT2D eigenvalue weighted by Gasteiger charge is -2.42. The number of methoxy groups -OCH3 is 2. The molecular weight excluding hydrogens is 378 g/mol. The molecule has 30 heavy (non-hydrogen) atoms. The number of nitrogens with one attached hydrogen (secondary N) is 2. The highest BCUT2D eigenvalue weighted by Crippen LogP contribution is 2.42. The van der Waals surface area contributed by atoms with Crippen molar-refractivity contribution in [3.63, 3.8) is 0 Å². The van der Waals surface area contributed by atoms with Gasteiger partial charge in [-0.3, -0.25) is 4.90 Å². The van der Waals surface area contributed by atoms with Crippen molar-refractivity contribution in [1.82, 2.24) is 15.2 Å². The summed E-state index contributed by atoms with van der Waals surface area (Å²) in [6.07, 6.45) is 0.487. The molecule has 1 aromatic heterocycles. The molecule has 1 aliphatic rings. The number of ether oxygens (including phenoxy) is 2. The summed E-state index contributed by atoms with van der Waals surface area (Å²) >= 11 is 0. The molecule has 3 aromatic rings. The highest BCUT2D eigenvalue weighted by molar-refractivity contribution is 5.85. The number of aliphatic hydroxyl groups is 1. The first-order chi connectivity index (χ1) is 14.6. The fourth-order valence-electron chi connectivity index (χ4n) is 4.72. The van der Waals surface area contributed by atoms with E-state index in [0.717, 1.165) is 17.5 Å². The van der Waals surface area contributed by atoms with E-state index in [1.165, 1.54) is 16.6 Å². The minimum atomic E-state index is -0.453. The quantitative estimate of drug-likeness (QED) is 0.559. The van der Waals surface area contributed by atoms with Crippen LogP contribution >= 0.6 is 0 Å². The summed E-state index contributed by atoms with van der Waals surface area (Å²) in [5.41, 5.74) is 4.82. The highest BCUT2D eigenvalue weighted by Gasteiger charge is 2.36. The van der Waals surface area contributed by atoms with Crippen LogP contribution in [0.3, 0.4) is 0 Å². The van der Waals surface area contributed by atoms with Crippen LogP contribution in [0, 0.1) is 0 Å². The summed E-state index contributed by atoms with van der Waals surface area (Å²) < 4.78 is 11.0. The Morgan fingerprint density at radius 1 is 1.17 bits per heavy atom. The zero-order valence-electron chi connectivity index (χ0n) is 18.1. The van der Waals surface area contributed by atoms with Gasteiger partial charge in [0.15, 0.2) is 11.5 Å². The Morgan fingerprint density at radius 2 is 1.93 bits per heavy atom. The Bertz CT molecular complexity index is 1020. The average molecular weight is 410 g/mol. The van der Waals surface area contributed by atoms with E-state index < -0.39 is 6.10 Å². The maximum atomic E-state index is 10.6. The third kappa shape index (κ3) is 3.67. The maximum absolute atomic E-state index is 10.6. The normalized spacial score (nSPS) is 20.2. The van der Waals surface area contributed by atoms with Crippen molar-refractivity contribution in [2.45, 2.75) is 31.5 Å². The van der Waals surface area contributed by atoms with Crippen molar-refractivity contribution >= 4 is 10.9 Å². The lowest BCUT2D eigenvalue weighted by Crippen LogP contribution is -2.47. The van der Waals surface area contributed by atoms with Gasteiger partial charge in [0.25, 0.3) is 0 Å². The van der Waals surface area contributed by atoms with E-state index in [9.17, 15) is 5.11 Å². The first-order valence-electron chi connectivity index (χ1n) is 10.5. The third-order valence-corrected chi connectivity index (χ3v) is 6.10.